The van der Waals surface area contributed by atoms with Gasteiger partial charge in [-0.2, -0.15) is 0 Å². The van der Waals surface area contributed by atoms with E-state index in [1.165, 1.54) is 16.7 Å². The molecule has 4 rings (SSSR count). The summed E-state index contributed by atoms with van der Waals surface area (Å²) in [7, 11) is 3.36. The predicted octanol–water partition coefficient (Wildman–Crippen LogP) is 3.49. The Balaban J connectivity index is 1.53. The molecule has 4 N–H and O–H groups in total. The first kappa shape index (κ1) is 22.1. The van der Waals surface area contributed by atoms with Gasteiger partial charge in [-0.1, -0.05) is 36.4 Å². The van der Waals surface area contributed by atoms with E-state index in [0.717, 1.165) is 18.5 Å². The van der Waals surface area contributed by atoms with Crippen LogP contribution in [0.15, 0.2) is 66.9 Å². The zero-order valence-corrected chi connectivity index (χ0v) is 18.7. The van der Waals surface area contributed by atoms with Crippen LogP contribution >= 0.6 is 0 Å². The van der Waals surface area contributed by atoms with E-state index >= 15 is 0 Å². The van der Waals surface area contributed by atoms with Gasteiger partial charge in [-0.15, -0.1) is 0 Å². The standard InChI is InChI=1S/C25H27N5O3/c1-30(2)23(31)16-33-19-10-6-9-18(13-19)28-22-14-21(20(15-27-22)24(26)32)29-25(11-12-25)17-7-4-3-5-8-17/h3-10,13-15H,11-12,16H2,1-2H3,(H2,26,32)(H2,27,28,29). The van der Waals surface area contributed by atoms with Gasteiger partial charge in [0, 0.05) is 38.1 Å². The molecule has 2 aromatic carbocycles. The van der Waals surface area contributed by atoms with Gasteiger partial charge in [0.25, 0.3) is 11.8 Å². The third-order valence-corrected chi connectivity index (χ3v) is 5.59. The smallest absolute Gasteiger partial charge is 0.259 e. The number of amides is 2. The minimum absolute atomic E-state index is 0.0440. The molecule has 170 valence electrons. The minimum Gasteiger partial charge on any atom is -0.484 e. The van der Waals surface area contributed by atoms with E-state index in [1.54, 1.807) is 32.3 Å². The van der Waals surface area contributed by atoms with Crippen LogP contribution in [0.1, 0.15) is 28.8 Å². The van der Waals surface area contributed by atoms with Crippen molar-refractivity contribution in [3.05, 3.63) is 78.0 Å². The molecule has 0 saturated heterocycles. The highest BCUT2D eigenvalue weighted by molar-refractivity contribution is 5.99. The van der Waals surface area contributed by atoms with Crippen LogP contribution in [0, 0.1) is 0 Å². The molecule has 8 heteroatoms. The molecule has 0 radical (unpaired) electrons. The Hall–Kier alpha value is -4.07. The summed E-state index contributed by atoms with van der Waals surface area (Å²) >= 11 is 0. The maximum atomic E-state index is 12.0. The van der Waals surface area contributed by atoms with Gasteiger partial charge in [0.15, 0.2) is 6.61 Å². The molecule has 0 bridgehead atoms. The average Bonchev–Trinajstić information content (AvgIpc) is 3.59. The highest BCUT2D eigenvalue weighted by atomic mass is 16.5. The van der Waals surface area contributed by atoms with Crippen molar-refractivity contribution in [2.75, 3.05) is 31.3 Å². The average molecular weight is 446 g/mol. The number of hydrogen-bond acceptors (Lipinski definition) is 6. The predicted molar refractivity (Wildman–Crippen MR) is 128 cm³/mol. The molecule has 0 unspecified atom stereocenters. The second-order valence-corrected chi connectivity index (χ2v) is 8.28. The second kappa shape index (κ2) is 9.20. The summed E-state index contributed by atoms with van der Waals surface area (Å²) < 4.78 is 5.58. The number of likely N-dealkylation sites (N-methyl/N-ethyl adjacent to an activating group) is 1. The number of aromatic nitrogens is 1. The third-order valence-electron chi connectivity index (χ3n) is 5.59. The Morgan fingerprint density at radius 2 is 1.85 bits per heavy atom. The van der Waals surface area contributed by atoms with Crippen molar-refractivity contribution in [1.82, 2.24) is 9.88 Å². The van der Waals surface area contributed by atoms with Gasteiger partial charge in [-0.05, 0) is 30.5 Å². The number of benzene rings is 2. The molecule has 1 aliphatic rings. The SMILES string of the molecule is CN(C)C(=O)COc1cccc(Nc2cc(NC3(c4ccccc4)CC3)c(C(N)=O)cn2)c1. The van der Waals surface area contributed by atoms with Gasteiger partial charge in [0.05, 0.1) is 16.8 Å². The Kier molecular flexibility index (Phi) is 6.17. The first-order chi connectivity index (χ1) is 15.9. The van der Waals surface area contributed by atoms with Crippen LogP contribution in [-0.2, 0) is 10.3 Å². The normalized spacial score (nSPS) is 13.6. The van der Waals surface area contributed by atoms with Crippen LogP contribution in [0.25, 0.3) is 0 Å². The highest BCUT2D eigenvalue weighted by Gasteiger charge is 2.44. The van der Waals surface area contributed by atoms with Gasteiger partial charge < -0.3 is 26.0 Å². The maximum absolute atomic E-state index is 12.0. The number of nitrogens with one attached hydrogen (secondary N) is 2. The van der Waals surface area contributed by atoms with Crippen LogP contribution < -0.4 is 21.1 Å². The van der Waals surface area contributed by atoms with Crippen LogP contribution in [-0.4, -0.2) is 42.4 Å². The lowest BCUT2D eigenvalue weighted by Crippen LogP contribution is -2.27. The van der Waals surface area contributed by atoms with E-state index in [0.29, 0.717) is 22.8 Å². The lowest BCUT2D eigenvalue weighted by atomic mass is 10.0. The lowest BCUT2D eigenvalue weighted by Gasteiger charge is -2.21. The fourth-order valence-electron chi connectivity index (χ4n) is 3.54. The topological polar surface area (TPSA) is 110 Å². The quantitative estimate of drug-likeness (QED) is 0.465. The molecule has 1 saturated carbocycles. The molecule has 0 atom stereocenters. The first-order valence-corrected chi connectivity index (χ1v) is 10.7. The molecular formula is C25H27N5O3. The van der Waals surface area contributed by atoms with E-state index in [1.807, 2.05) is 30.3 Å². The fourth-order valence-corrected chi connectivity index (χ4v) is 3.54. The highest BCUT2D eigenvalue weighted by Crippen LogP contribution is 2.48. The Morgan fingerprint density at radius 3 is 2.52 bits per heavy atom. The van der Waals surface area contributed by atoms with Crippen molar-refractivity contribution in [2.45, 2.75) is 18.4 Å². The molecule has 33 heavy (non-hydrogen) atoms. The number of nitrogens with zero attached hydrogens (tertiary/aromatic N) is 2. The van der Waals surface area contributed by atoms with Gasteiger partial charge in [0.1, 0.15) is 11.6 Å². The number of ether oxygens (including phenoxy) is 1. The van der Waals surface area contributed by atoms with Gasteiger partial charge >= 0.3 is 0 Å². The molecule has 0 spiro atoms. The molecule has 2 amide bonds. The number of nitrogens with two attached hydrogens (primary N) is 1. The van der Waals surface area contributed by atoms with Crippen molar-refractivity contribution < 1.29 is 14.3 Å². The summed E-state index contributed by atoms with van der Waals surface area (Å²) in [5.41, 5.74) is 8.27. The van der Waals surface area contributed by atoms with E-state index in [4.69, 9.17) is 10.5 Å². The Bertz CT molecular complexity index is 1160. The zero-order chi connectivity index (χ0) is 23.4. The molecule has 1 aromatic heterocycles. The van der Waals surface area contributed by atoms with Crippen molar-refractivity contribution in [2.24, 2.45) is 5.73 Å². The fraction of sp³-hybridized carbons (Fsp3) is 0.240. The van der Waals surface area contributed by atoms with Crippen LogP contribution in [0.4, 0.5) is 17.2 Å². The molecule has 8 nitrogen and oxygen atoms in total. The molecule has 1 fully saturated rings. The van der Waals surface area contributed by atoms with Gasteiger partial charge in [-0.3, -0.25) is 9.59 Å². The zero-order valence-electron chi connectivity index (χ0n) is 18.7. The van der Waals surface area contributed by atoms with Crippen molar-refractivity contribution in [3.8, 4) is 5.75 Å². The number of primary amides is 1. The molecule has 1 heterocycles. The second-order valence-electron chi connectivity index (χ2n) is 8.28. The number of hydrogen-bond donors (Lipinski definition) is 3. The van der Waals surface area contributed by atoms with Crippen molar-refractivity contribution >= 4 is 29.0 Å². The monoisotopic (exact) mass is 445 g/mol. The van der Waals surface area contributed by atoms with Crippen molar-refractivity contribution in [3.63, 3.8) is 0 Å². The molecule has 3 aromatic rings. The maximum Gasteiger partial charge on any atom is 0.259 e. The lowest BCUT2D eigenvalue weighted by molar-refractivity contribution is -0.130. The van der Waals surface area contributed by atoms with E-state index < -0.39 is 5.91 Å². The molecule has 0 aliphatic heterocycles. The summed E-state index contributed by atoms with van der Waals surface area (Å²) in [6.45, 7) is -0.0440. The van der Waals surface area contributed by atoms with Gasteiger partial charge in [-0.25, -0.2) is 4.98 Å². The van der Waals surface area contributed by atoms with Gasteiger partial charge in [0.2, 0.25) is 0 Å². The van der Waals surface area contributed by atoms with Crippen LogP contribution in [0.2, 0.25) is 0 Å². The largest absolute Gasteiger partial charge is 0.484 e. The minimum atomic E-state index is -0.540. The van der Waals surface area contributed by atoms with E-state index in [2.05, 4.69) is 27.8 Å². The summed E-state index contributed by atoms with van der Waals surface area (Å²) in [6, 6.07) is 19.2. The van der Waals surface area contributed by atoms with Crippen LogP contribution in [0.3, 0.4) is 0 Å². The first-order valence-electron chi connectivity index (χ1n) is 10.7. The van der Waals surface area contributed by atoms with E-state index in [-0.39, 0.29) is 18.1 Å². The Morgan fingerprint density at radius 1 is 1.09 bits per heavy atom. The number of rotatable bonds is 9. The third kappa shape index (κ3) is 5.23. The number of carbonyl (C=O) groups excluding carboxylic acids is 2. The summed E-state index contributed by atoms with van der Waals surface area (Å²) in [6.07, 6.45) is 3.40. The van der Waals surface area contributed by atoms with E-state index in [9.17, 15) is 9.59 Å². The number of pyridine rings is 1. The van der Waals surface area contributed by atoms with Crippen LogP contribution in [0.5, 0.6) is 5.75 Å². The Labute approximate surface area is 192 Å². The van der Waals surface area contributed by atoms with Crippen molar-refractivity contribution in [1.29, 1.82) is 0 Å². The number of anilines is 3. The summed E-state index contributed by atoms with van der Waals surface area (Å²) in [5, 5.41) is 6.76. The number of carbonyl (C=O) groups is 2. The summed E-state index contributed by atoms with van der Waals surface area (Å²) in [4.78, 5) is 29.6. The molecular weight excluding hydrogens is 418 g/mol. The summed E-state index contributed by atoms with van der Waals surface area (Å²) in [5.74, 6) is 0.442. The molecule has 1 aliphatic carbocycles.